The first-order valence-electron chi connectivity index (χ1n) is 6.80. The summed E-state index contributed by atoms with van der Waals surface area (Å²) < 4.78 is 46.2. The molecule has 1 aliphatic heterocycles. The van der Waals surface area contributed by atoms with Gasteiger partial charge >= 0.3 is 0 Å². The fraction of sp³-hybridized carbons (Fsp3) is 0.333. The topological polar surface area (TPSA) is 28.4 Å². The van der Waals surface area contributed by atoms with Crippen molar-refractivity contribution in [3.63, 3.8) is 0 Å². The SMILES string of the molecule is Fc1ccc([C@@H](c2ccco2)N2CCNCC2)c(F)c1F. The van der Waals surface area contributed by atoms with Gasteiger partial charge in [-0.3, -0.25) is 4.90 Å². The standard InChI is InChI=1S/C15H15F3N2O/c16-11-4-3-10(13(17)14(11)18)15(12-2-1-9-21-12)20-7-5-19-6-8-20/h1-4,9,15,19H,5-8H2/t15-/m0/s1. The van der Waals surface area contributed by atoms with Crippen molar-refractivity contribution in [2.45, 2.75) is 6.04 Å². The van der Waals surface area contributed by atoms with Crippen molar-refractivity contribution in [1.82, 2.24) is 10.2 Å². The van der Waals surface area contributed by atoms with Crippen LogP contribution >= 0.6 is 0 Å². The molecule has 21 heavy (non-hydrogen) atoms. The number of rotatable bonds is 3. The third-order valence-electron chi connectivity index (χ3n) is 3.69. The average Bonchev–Trinajstić information content (AvgIpc) is 3.03. The van der Waals surface area contributed by atoms with Crippen LogP contribution in [-0.2, 0) is 0 Å². The molecule has 0 radical (unpaired) electrons. The average molecular weight is 296 g/mol. The molecule has 112 valence electrons. The molecule has 1 aromatic carbocycles. The second-order valence-electron chi connectivity index (χ2n) is 4.97. The first-order chi connectivity index (χ1) is 10.2. The molecule has 2 aromatic rings. The Morgan fingerprint density at radius 1 is 1.05 bits per heavy atom. The van der Waals surface area contributed by atoms with Crippen molar-refractivity contribution in [2.24, 2.45) is 0 Å². The number of hydrogen-bond acceptors (Lipinski definition) is 3. The van der Waals surface area contributed by atoms with E-state index >= 15 is 0 Å². The van der Waals surface area contributed by atoms with Gasteiger partial charge in [-0.05, 0) is 18.2 Å². The Kier molecular flexibility index (Phi) is 3.98. The van der Waals surface area contributed by atoms with Crippen molar-refractivity contribution in [3.8, 4) is 0 Å². The third kappa shape index (κ3) is 2.69. The molecule has 0 bridgehead atoms. The Labute approximate surface area is 120 Å². The van der Waals surface area contributed by atoms with Gasteiger partial charge < -0.3 is 9.73 Å². The number of halogens is 3. The van der Waals surface area contributed by atoms with Gasteiger partial charge in [-0.2, -0.15) is 0 Å². The summed E-state index contributed by atoms with van der Waals surface area (Å²) >= 11 is 0. The quantitative estimate of drug-likeness (QED) is 0.883. The van der Waals surface area contributed by atoms with Gasteiger partial charge in [0.2, 0.25) is 0 Å². The van der Waals surface area contributed by atoms with E-state index in [-0.39, 0.29) is 5.56 Å². The highest BCUT2D eigenvalue weighted by Crippen LogP contribution is 2.32. The minimum Gasteiger partial charge on any atom is -0.467 e. The molecule has 0 aliphatic carbocycles. The first-order valence-corrected chi connectivity index (χ1v) is 6.80. The summed E-state index contributed by atoms with van der Waals surface area (Å²) in [4.78, 5) is 1.99. The van der Waals surface area contributed by atoms with Crippen molar-refractivity contribution in [3.05, 3.63) is 59.3 Å². The van der Waals surface area contributed by atoms with E-state index in [0.717, 1.165) is 19.2 Å². The van der Waals surface area contributed by atoms with Crippen LogP contribution in [0.15, 0.2) is 34.9 Å². The third-order valence-corrected chi connectivity index (χ3v) is 3.69. The smallest absolute Gasteiger partial charge is 0.194 e. The Morgan fingerprint density at radius 3 is 2.48 bits per heavy atom. The van der Waals surface area contributed by atoms with E-state index in [2.05, 4.69) is 5.32 Å². The highest BCUT2D eigenvalue weighted by atomic mass is 19.2. The number of hydrogen-bond donors (Lipinski definition) is 1. The lowest BCUT2D eigenvalue weighted by atomic mass is 10.0. The van der Waals surface area contributed by atoms with Gasteiger partial charge in [-0.25, -0.2) is 13.2 Å². The molecule has 0 spiro atoms. The largest absolute Gasteiger partial charge is 0.467 e. The van der Waals surface area contributed by atoms with E-state index in [0.29, 0.717) is 18.8 Å². The molecule has 0 saturated carbocycles. The van der Waals surface area contributed by atoms with Gasteiger partial charge in [0.05, 0.1) is 12.3 Å². The van der Waals surface area contributed by atoms with Crippen LogP contribution in [0, 0.1) is 17.5 Å². The fourth-order valence-electron chi connectivity index (χ4n) is 2.67. The molecular weight excluding hydrogens is 281 g/mol. The molecular formula is C15H15F3N2O. The summed E-state index contributed by atoms with van der Waals surface area (Å²) in [6, 6.07) is 5.09. The molecule has 2 heterocycles. The van der Waals surface area contributed by atoms with Crippen LogP contribution in [-0.4, -0.2) is 31.1 Å². The maximum absolute atomic E-state index is 14.2. The second kappa shape index (κ2) is 5.91. The molecule has 1 N–H and O–H groups in total. The van der Waals surface area contributed by atoms with E-state index in [9.17, 15) is 13.2 Å². The highest BCUT2D eigenvalue weighted by molar-refractivity contribution is 5.30. The molecule has 1 aromatic heterocycles. The molecule has 6 heteroatoms. The summed E-state index contributed by atoms with van der Waals surface area (Å²) in [6.07, 6.45) is 1.49. The number of piperazine rings is 1. The van der Waals surface area contributed by atoms with Crippen LogP contribution in [0.4, 0.5) is 13.2 Å². The van der Waals surface area contributed by atoms with Crippen LogP contribution in [0.25, 0.3) is 0 Å². The Hall–Kier alpha value is -1.79. The monoisotopic (exact) mass is 296 g/mol. The lowest BCUT2D eigenvalue weighted by Gasteiger charge is -2.34. The molecule has 3 nitrogen and oxygen atoms in total. The van der Waals surface area contributed by atoms with Crippen molar-refractivity contribution < 1.29 is 17.6 Å². The molecule has 0 unspecified atom stereocenters. The Bertz CT molecular complexity index is 610. The maximum Gasteiger partial charge on any atom is 0.194 e. The van der Waals surface area contributed by atoms with Gasteiger partial charge in [0.25, 0.3) is 0 Å². The minimum atomic E-state index is -1.45. The summed E-state index contributed by atoms with van der Waals surface area (Å²) in [5.41, 5.74) is 0.0887. The van der Waals surface area contributed by atoms with Gasteiger partial charge in [0.1, 0.15) is 5.76 Å². The molecule has 1 fully saturated rings. The lowest BCUT2D eigenvalue weighted by Crippen LogP contribution is -2.45. The Balaban J connectivity index is 2.05. The zero-order valence-electron chi connectivity index (χ0n) is 11.3. The molecule has 1 saturated heterocycles. The summed E-state index contributed by atoms with van der Waals surface area (Å²) in [5.74, 6) is -3.27. The van der Waals surface area contributed by atoms with E-state index < -0.39 is 23.5 Å². The predicted octanol–water partition coefficient (Wildman–Crippen LogP) is 2.69. The fourth-order valence-corrected chi connectivity index (χ4v) is 2.67. The van der Waals surface area contributed by atoms with Crippen LogP contribution < -0.4 is 5.32 Å². The van der Waals surface area contributed by atoms with E-state index in [1.165, 1.54) is 12.3 Å². The molecule has 1 aliphatic rings. The predicted molar refractivity (Wildman–Crippen MR) is 71.3 cm³/mol. The van der Waals surface area contributed by atoms with E-state index in [1.54, 1.807) is 12.1 Å². The van der Waals surface area contributed by atoms with Crippen molar-refractivity contribution in [2.75, 3.05) is 26.2 Å². The second-order valence-corrected chi connectivity index (χ2v) is 4.97. The van der Waals surface area contributed by atoms with Crippen LogP contribution in [0.1, 0.15) is 17.4 Å². The van der Waals surface area contributed by atoms with Gasteiger partial charge in [-0.15, -0.1) is 0 Å². The summed E-state index contributed by atoms with van der Waals surface area (Å²) in [7, 11) is 0. The zero-order valence-corrected chi connectivity index (χ0v) is 11.3. The highest BCUT2D eigenvalue weighted by Gasteiger charge is 2.30. The number of nitrogens with one attached hydrogen (secondary N) is 1. The number of nitrogens with zero attached hydrogens (tertiary/aromatic N) is 1. The normalized spacial score (nSPS) is 17.9. The number of benzene rings is 1. The van der Waals surface area contributed by atoms with Crippen molar-refractivity contribution >= 4 is 0 Å². The first kappa shape index (κ1) is 14.2. The molecule has 3 rings (SSSR count). The molecule has 1 atom stereocenters. The van der Waals surface area contributed by atoms with Crippen LogP contribution in [0.3, 0.4) is 0 Å². The molecule has 0 amide bonds. The van der Waals surface area contributed by atoms with E-state index in [1.807, 2.05) is 4.90 Å². The van der Waals surface area contributed by atoms with Crippen molar-refractivity contribution in [1.29, 1.82) is 0 Å². The Morgan fingerprint density at radius 2 is 1.81 bits per heavy atom. The lowest BCUT2D eigenvalue weighted by molar-refractivity contribution is 0.176. The van der Waals surface area contributed by atoms with Crippen LogP contribution in [0.5, 0.6) is 0 Å². The number of furan rings is 1. The minimum absolute atomic E-state index is 0.0887. The van der Waals surface area contributed by atoms with Gasteiger partial charge in [0.15, 0.2) is 17.5 Å². The summed E-state index contributed by atoms with van der Waals surface area (Å²) in [6.45, 7) is 2.85. The van der Waals surface area contributed by atoms with Crippen LogP contribution in [0.2, 0.25) is 0 Å². The van der Waals surface area contributed by atoms with Gasteiger partial charge in [-0.1, -0.05) is 6.07 Å². The zero-order chi connectivity index (χ0) is 14.8. The van der Waals surface area contributed by atoms with Gasteiger partial charge in [0, 0.05) is 31.7 Å². The van der Waals surface area contributed by atoms with E-state index in [4.69, 9.17) is 4.42 Å². The maximum atomic E-state index is 14.2. The summed E-state index contributed by atoms with van der Waals surface area (Å²) in [5, 5.41) is 3.20.